The summed E-state index contributed by atoms with van der Waals surface area (Å²) >= 11 is 3.37. The van der Waals surface area contributed by atoms with Crippen LogP contribution in [0.4, 0.5) is 4.39 Å². The topological polar surface area (TPSA) is 46.2 Å². The molecule has 0 spiro atoms. The fraction of sp³-hybridized carbons (Fsp3) is 0.500. The Kier molecular flexibility index (Phi) is 4.47. The molecule has 2 atom stereocenters. The van der Waals surface area contributed by atoms with Gasteiger partial charge in [-0.15, -0.1) is 0 Å². The van der Waals surface area contributed by atoms with Crippen LogP contribution >= 0.6 is 15.9 Å². The van der Waals surface area contributed by atoms with Crippen LogP contribution in [0.5, 0.6) is 0 Å². The molecule has 0 saturated carbocycles. The fourth-order valence-corrected chi connectivity index (χ4v) is 1.89. The Labute approximate surface area is 104 Å². The summed E-state index contributed by atoms with van der Waals surface area (Å²) in [5.41, 5.74) is 6.07. The van der Waals surface area contributed by atoms with E-state index in [1.165, 1.54) is 12.1 Å². The molecular weight excluding hydrogens is 273 g/mol. The number of aliphatic hydroxyl groups excluding tert-OH is 1. The predicted molar refractivity (Wildman–Crippen MR) is 66.6 cm³/mol. The van der Waals surface area contributed by atoms with Crippen molar-refractivity contribution in [2.24, 2.45) is 11.1 Å². The number of hydrogen-bond acceptors (Lipinski definition) is 2. The lowest BCUT2D eigenvalue weighted by atomic mass is 9.79. The minimum atomic E-state index is -0.535. The molecule has 2 unspecified atom stereocenters. The van der Waals surface area contributed by atoms with Gasteiger partial charge in [0.15, 0.2) is 0 Å². The summed E-state index contributed by atoms with van der Waals surface area (Å²) in [6, 6.07) is 4.54. The molecule has 0 fully saturated rings. The maximum atomic E-state index is 13.1. The van der Waals surface area contributed by atoms with Gasteiger partial charge in [0.1, 0.15) is 5.82 Å². The third kappa shape index (κ3) is 3.03. The van der Waals surface area contributed by atoms with Gasteiger partial charge in [-0.1, -0.05) is 22.9 Å². The maximum absolute atomic E-state index is 13.1. The molecule has 0 heterocycles. The lowest BCUT2D eigenvalue weighted by Crippen LogP contribution is -2.39. The van der Waals surface area contributed by atoms with Gasteiger partial charge in [-0.25, -0.2) is 4.39 Å². The van der Waals surface area contributed by atoms with Crippen LogP contribution in [0.25, 0.3) is 0 Å². The minimum Gasteiger partial charge on any atom is -0.393 e. The molecule has 0 aliphatic rings. The molecule has 0 aliphatic heterocycles. The van der Waals surface area contributed by atoms with Crippen molar-refractivity contribution < 1.29 is 9.50 Å². The first-order valence-electron chi connectivity index (χ1n) is 5.21. The van der Waals surface area contributed by atoms with Crippen LogP contribution in [0.1, 0.15) is 19.4 Å². The smallest absolute Gasteiger partial charge is 0.123 e. The first-order valence-corrected chi connectivity index (χ1v) is 6.00. The standard InChI is InChI=1S/C12H17BrFNO/c1-8(16)12(2,7-15)6-9-5-10(14)3-4-11(9)13/h3-5,8,16H,6-7,15H2,1-2H3. The highest BCUT2D eigenvalue weighted by atomic mass is 79.9. The molecule has 1 rings (SSSR count). The van der Waals surface area contributed by atoms with Crippen molar-refractivity contribution in [1.82, 2.24) is 0 Å². The van der Waals surface area contributed by atoms with E-state index >= 15 is 0 Å². The second-order valence-electron chi connectivity index (χ2n) is 4.45. The minimum absolute atomic E-state index is 0.275. The van der Waals surface area contributed by atoms with Crippen LogP contribution in [0.15, 0.2) is 22.7 Å². The first kappa shape index (κ1) is 13.6. The Morgan fingerprint density at radius 1 is 1.56 bits per heavy atom. The number of rotatable bonds is 4. The quantitative estimate of drug-likeness (QED) is 0.895. The first-order chi connectivity index (χ1) is 7.39. The Morgan fingerprint density at radius 3 is 2.69 bits per heavy atom. The lowest BCUT2D eigenvalue weighted by molar-refractivity contribution is 0.0587. The van der Waals surface area contributed by atoms with Crippen LogP contribution < -0.4 is 5.73 Å². The molecule has 16 heavy (non-hydrogen) atoms. The third-order valence-electron chi connectivity index (χ3n) is 3.08. The van der Waals surface area contributed by atoms with E-state index in [-0.39, 0.29) is 5.82 Å². The van der Waals surface area contributed by atoms with E-state index in [1.807, 2.05) is 6.92 Å². The molecule has 2 nitrogen and oxygen atoms in total. The average Bonchev–Trinajstić information content (AvgIpc) is 2.23. The Hall–Kier alpha value is -0.450. The fourth-order valence-electron chi connectivity index (χ4n) is 1.50. The van der Waals surface area contributed by atoms with E-state index in [4.69, 9.17) is 5.73 Å². The van der Waals surface area contributed by atoms with E-state index in [0.29, 0.717) is 13.0 Å². The van der Waals surface area contributed by atoms with Crippen molar-refractivity contribution in [3.63, 3.8) is 0 Å². The largest absolute Gasteiger partial charge is 0.393 e. The molecule has 90 valence electrons. The highest BCUT2D eigenvalue weighted by molar-refractivity contribution is 9.10. The summed E-state index contributed by atoms with van der Waals surface area (Å²) in [6.45, 7) is 3.96. The second-order valence-corrected chi connectivity index (χ2v) is 5.30. The summed E-state index contributed by atoms with van der Waals surface area (Å²) in [6.07, 6.45) is 0.00661. The number of halogens is 2. The zero-order chi connectivity index (χ0) is 12.3. The normalized spacial score (nSPS) is 16.9. The van der Waals surface area contributed by atoms with Gasteiger partial charge in [0.25, 0.3) is 0 Å². The SMILES string of the molecule is CC(O)C(C)(CN)Cc1cc(F)ccc1Br. The molecule has 0 aromatic heterocycles. The van der Waals surface area contributed by atoms with Gasteiger partial charge in [-0.3, -0.25) is 0 Å². The lowest BCUT2D eigenvalue weighted by Gasteiger charge is -2.31. The average molecular weight is 290 g/mol. The highest BCUT2D eigenvalue weighted by Crippen LogP contribution is 2.29. The van der Waals surface area contributed by atoms with Crippen LogP contribution in [0, 0.1) is 11.2 Å². The molecule has 3 N–H and O–H groups in total. The summed E-state index contributed by atoms with van der Waals surface area (Å²) in [7, 11) is 0. The zero-order valence-electron chi connectivity index (χ0n) is 9.50. The molecule has 0 radical (unpaired) electrons. The number of benzene rings is 1. The van der Waals surface area contributed by atoms with Crippen molar-refractivity contribution in [2.45, 2.75) is 26.4 Å². The van der Waals surface area contributed by atoms with Crippen molar-refractivity contribution in [2.75, 3.05) is 6.54 Å². The van der Waals surface area contributed by atoms with Crippen molar-refractivity contribution >= 4 is 15.9 Å². The monoisotopic (exact) mass is 289 g/mol. The van der Waals surface area contributed by atoms with E-state index in [9.17, 15) is 9.50 Å². The Bertz CT molecular complexity index is 370. The van der Waals surface area contributed by atoms with E-state index < -0.39 is 11.5 Å². The van der Waals surface area contributed by atoms with Crippen LogP contribution in [-0.2, 0) is 6.42 Å². The van der Waals surface area contributed by atoms with Gasteiger partial charge in [-0.2, -0.15) is 0 Å². The number of aliphatic hydroxyl groups is 1. The Balaban J connectivity index is 2.98. The van der Waals surface area contributed by atoms with Crippen molar-refractivity contribution in [3.05, 3.63) is 34.1 Å². The van der Waals surface area contributed by atoms with Gasteiger partial charge in [-0.05, 0) is 37.1 Å². The molecular formula is C12H17BrFNO. The van der Waals surface area contributed by atoms with Crippen LogP contribution in [0.3, 0.4) is 0 Å². The van der Waals surface area contributed by atoms with E-state index in [1.54, 1.807) is 13.0 Å². The van der Waals surface area contributed by atoms with E-state index in [0.717, 1.165) is 10.0 Å². The molecule has 0 amide bonds. The molecule has 1 aromatic carbocycles. The summed E-state index contributed by atoms with van der Waals surface area (Å²) < 4.78 is 14.0. The summed E-state index contributed by atoms with van der Waals surface area (Å²) in [5.74, 6) is -0.275. The molecule has 4 heteroatoms. The maximum Gasteiger partial charge on any atom is 0.123 e. The zero-order valence-corrected chi connectivity index (χ0v) is 11.1. The van der Waals surface area contributed by atoms with E-state index in [2.05, 4.69) is 15.9 Å². The van der Waals surface area contributed by atoms with Gasteiger partial charge in [0.2, 0.25) is 0 Å². The second kappa shape index (κ2) is 5.25. The summed E-state index contributed by atoms with van der Waals surface area (Å²) in [4.78, 5) is 0. The van der Waals surface area contributed by atoms with Crippen molar-refractivity contribution in [1.29, 1.82) is 0 Å². The van der Waals surface area contributed by atoms with Crippen LogP contribution in [0.2, 0.25) is 0 Å². The number of hydrogen-bond donors (Lipinski definition) is 2. The highest BCUT2D eigenvalue weighted by Gasteiger charge is 2.29. The number of nitrogens with two attached hydrogens (primary N) is 1. The molecule has 0 bridgehead atoms. The van der Waals surface area contributed by atoms with Gasteiger partial charge < -0.3 is 10.8 Å². The Morgan fingerprint density at radius 2 is 2.19 bits per heavy atom. The predicted octanol–water partition coefficient (Wildman–Crippen LogP) is 2.48. The van der Waals surface area contributed by atoms with Crippen LogP contribution in [-0.4, -0.2) is 17.8 Å². The van der Waals surface area contributed by atoms with Gasteiger partial charge in [0, 0.05) is 16.4 Å². The van der Waals surface area contributed by atoms with Gasteiger partial charge >= 0.3 is 0 Å². The third-order valence-corrected chi connectivity index (χ3v) is 3.85. The molecule has 0 aliphatic carbocycles. The summed E-state index contributed by atoms with van der Waals surface area (Å²) in [5, 5.41) is 9.70. The molecule has 1 aromatic rings. The molecule has 0 saturated heterocycles. The van der Waals surface area contributed by atoms with Crippen molar-refractivity contribution in [3.8, 4) is 0 Å². The van der Waals surface area contributed by atoms with Gasteiger partial charge in [0.05, 0.1) is 6.10 Å².